The number of ether oxygens (including phenoxy) is 1. The second kappa shape index (κ2) is 13.9. The molecule has 4 rings (SSSR count). The molecule has 2 heterocycles. The Morgan fingerprint density at radius 3 is 2.38 bits per heavy atom. The number of carbonyl (C=O) groups is 2. The number of pyridine rings is 1. The molecule has 42 heavy (non-hydrogen) atoms. The molecule has 7 nitrogen and oxygen atoms in total. The van der Waals surface area contributed by atoms with Gasteiger partial charge >= 0.3 is 5.97 Å². The van der Waals surface area contributed by atoms with E-state index >= 15 is 0 Å². The summed E-state index contributed by atoms with van der Waals surface area (Å²) in [5, 5.41) is 3.07. The van der Waals surface area contributed by atoms with Gasteiger partial charge < -0.3 is 19.5 Å². The van der Waals surface area contributed by atoms with Gasteiger partial charge in [-0.25, -0.2) is 4.39 Å². The molecule has 0 bridgehead atoms. The summed E-state index contributed by atoms with van der Waals surface area (Å²) >= 11 is 0. The molecular formula is C34H42FN3O4. The van der Waals surface area contributed by atoms with Crippen LogP contribution in [0.4, 0.5) is 4.39 Å². The van der Waals surface area contributed by atoms with E-state index in [1.54, 1.807) is 0 Å². The number of esters is 1. The second-order valence-electron chi connectivity index (χ2n) is 11.8. The zero-order chi connectivity index (χ0) is 30.4. The fourth-order valence-electron chi connectivity index (χ4n) is 5.67. The Morgan fingerprint density at radius 2 is 1.76 bits per heavy atom. The van der Waals surface area contributed by atoms with E-state index in [0.29, 0.717) is 12.0 Å². The number of nitrogens with one attached hydrogen (secondary N) is 1. The van der Waals surface area contributed by atoms with Crippen molar-refractivity contribution in [3.8, 4) is 11.1 Å². The molecule has 8 heteroatoms. The molecule has 1 N–H and O–H groups in total. The highest BCUT2D eigenvalue weighted by atomic mass is 19.1. The fourth-order valence-corrected chi connectivity index (χ4v) is 5.67. The third-order valence-electron chi connectivity index (χ3n) is 7.99. The van der Waals surface area contributed by atoms with E-state index in [2.05, 4.69) is 10.2 Å². The van der Waals surface area contributed by atoms with Crippen LogP contribution in [0.1, 0.15) is 67.4 Å². The van der Waals surface area contributed by atoms with Crippen LogP contribution in [0.2, 0.25) is 0 Å². The number of amides is 1. The van der Waals surface area contributed by atoms with Crippen LogP contribution in [-0.4, -0.2) is 48.1 Å². The molecule has 1 aliphatic rings. The fraction of sp³-hybridized carbons (Fsp3) is 0.441. The third-order valence-corrected chi connectivity index (χ3v) is 7.99. The quantitative estimate of drug-likeness (QED) is 0.288. The Hall–Kier alpha value is -3.78. The van der Waals surface area contributed by atoms with E-state index < -0.39 is 18.1 Å². The monoisotopic (exact) mass is 575 g/mol. The van der Waals surface area contributed by atoms with Crippen molar-refractivity contribution < 1.29 is 18.7 Å². The predicted octanol–water partition coefficient (Wildman–Crippen LogP) is 5.53. The van der Waals surface area contributed by atoms with E-state index in [1.165, 1.54) is 36.3 Å². The number of benzene rings is 2. The largest absolute Gasteiger partial charge is 0.469 e. The number of carbonyl (C=O) groups excluding carboxylic acids is 2. The van der Waals surface area contributed by atoms with Crippen LogP contribution in [0.25, 0.3) is 11.1 Å². The highest BCUT2D eigenvalue weighted by Gasteiger charge is 2.28. The zero-order valence-corrected chi connectivity index (χ0v) is 25.3. The van der Waals surface area contributed by atoms with Crippen molar-refractivity contribution in [2.75, 3.05) is 26.7 Å². The average Bonchev–Trinajstić information content (AvgIpc) is 2.91. The number of aryl methyl sites for hydroxylation is 2. The number of halogens is 1. The van der Waals surface area contributed by atoms with Gasteiger partial charge in [0.2, 0.25) is 5.91 Å². The van der Waals surface area contributed by atoms with E-state index in [9.17, 15) is 18.8 Å². The van der Waals surface area contributed by atoms with Crippen molar-refractivity contribution in [1.82, 2.24) is 14.8 Å². The summed E-state index contributed by atoms with van der Waals surface area (Å²) in [5.41, 5.74) is 4.83. The first kappa shape index (κ1) is 31.2. The van der Waals surface area contributed by atoms with Gasteiger partial charge in [0.05, 0.1) is 19.6 Å². The Kier molecular flexibility index (Phi) is 10.3. The lowest BCUT2D eigenvalue weighted by atomic mass is 9.92. The van der Waals surface area contributed by atoms with Crippen LogP contribution in [0.3, 0.4) is 0 Å². The molecular weight excluding hydrogens is 533 g/mol. The summed E-state index contributed by atoms with van der Waals surface area (Å²) in [7, 11) is 1.32. The minimum absolute atomic E-state index is 0.0771. The van der Waals surface area contributed by atoms with Crippen LogP contribution in [0.15, 0.2) is 59.5 Å². The number of methoxy groups -OCH3 is 1. The van der Waals surface area contributed by atoms with E-state index in [1.807, 2.05) is 64.2 Å². The summed E-state index contributed by atoms with van der Waals surface area (Å²) in [6.45, 7) is 10.9. The highest BCUT2D eigenvalue weighted by molar-refractivity contribution is 5.82. The second-order valence-corrected chi connectivity index (χ2v) is 11.8. The van der Waals surface area contributed by atoms with Gasteiger partial charge in [-0.1, -0.05) is 38.1 Å². The summed E-state index contributed by atoms with van der Waals surface area (Å²) in [6.07, 6.45) is 4.21. The maximum absolute atomic E-state index is 14.0. The first-order valence-electron chi connectivity index (χ1n) is 14.7. The minimum atomic E-state index is -0.744. The number of likely N-dealkylation sites (tertiary alicyclic amines) is 1. The summed E-state index contributed by atoms with van der Waals surface area (Å²) in [6, 6.07) is 12.5. The first-order chi connectivity index (χ1) is 20.0. The van der Waals surface area contributed by atoms with Crippen LogP contribution in [0, 0.1) is 25.6 Å². The van der Waals surface area contributed by atoms with Crippen LogP contribution < -0.4 is 10.9 Å². The maximum atomic E-state index is 14.0. The molecule has 3 aromatic rings. The van der Waals surface area contributed by atoms with E-state index in [0.717, 1.165) is 53.9 Å². The van der Waals surface area contributed by atoms with Crippen molar-refractivity contribution in [1.29, 1.82) is 0 Å². The average molecular weight is 576 g/mol. The van der Waals surface area contributed by atoms with Crippen molar-refractivity contribution in [3.63, 3.8) is 0 Å². The number of nitrogens with zero attached hydrogens (tertiary/aromatic N) is 2. The minimum Gasteiger partial charge on any atom is -0.469 e. The Balaban J connectivity index is 1.65. The number of aromatic nitrogens is 1. The lowest BCUT2D eigenvalue weighted by Crippen LogP contribution is -2.40. The summed E-state index contributed by atoms with van der Waals surface area (Å²) in [4.78, 5) is 41.8. The molecule has 1 aliphatic heterocycles. The Labute approximate surface area is 247 Å². The van der Waals surface area contributed by atoms with Crippen LogP contribution >= 0.6 is 0 Å². The highest BCUT2D eigenvalue weighted by Crippen LogP contribution is 2.31. The standard InChI is InChI=1S/C34H42FN3O4/c1-22(2)16-30(38-21-25(10-11-31(38)39)12-15-37-13-7-14-37)34(41)36-29(20-32(40)42-5)26-8-6-9-27(19-26)33-23(3)17-28(35)18-24(33)4/h6,8-11,17-19,21-22,29-30H,7,12-16,20H2,1-5H3,(H,36,41)/t29-,30?/m0/s1. The normalized spacial score (nSPS) is 14.7. The van der Waals surface area contributed by atoms with Gasteiger partial charge in [0, 0.05) is 18.8 Å². The van der Waals surface area contributed by atoms with Gasteiger partial charge in [-0.05, 0) is 104 Å². The van der Waals surface area contributed by atoms with Crippen molar-refractivity contribution in [2.45, 2.75) is 65.5 Å². The van der Waals surface area contributed by atoms with E-state index in [-0.39, 0.29) is 29.6 Å². The van der Waals surface area contributed by atoms with Crippen LogP contribution in [-0.2, 0) is 20.7 Å². The van der Waals surface area contributed by atoms with Gasteiger partial charge in [-0.2, -0.15) is 0 Å². The molecule has 1 unspecified atom stereocenters. The van der Waals surface area contributed by atoms with Crippen LogP contribution in [0.5, 0.6) is 0 Å². The smallest absolute Gasteiger partial charge is 0.307 e. The first-order valence-corrected chi connectivity index (χ1v) is 14.7. The summed E-state index contributed by atoms with van der Waals surface area (Å²) in [5.74, 6) is -0.953. The van der Waals surface area contributed by atoms with E-state index in [4.69, 9.17) is 4.74 Å². The molecule has 0 aliphatic carbocycles. The third kappa shape index (κ3) is 7.73. The van der Waals surface area contributed by atoms with Gasteiger partial charge in [0.25, 0.3) is 5.56 Å². The van der Waals surface area contributed by atoms with Gasteiger partial charge in [0.15, 0.2) is 0 Å². The van der Waals surface area contributed by atoms with Crippen molar-refractivity contribution >= 4 is 11.9 Å². The molecule has 1 saturated heterocycles. The maximum Gasteiger partial charge on any atom is 0.307 e. The Bertz CT molecular complexity index is 1450. The molecule has 224 valence electrons. The predicted molar refractivity (Wildman–Crippen MR) is 163 cm³/mol. The number of rotatable bonds is 12. The summed E-state index contributed by atoms with van der Waals surface area (Å²) < 4.78 is 20.5. The molecule has 2 aromatic carbocycles. The molecule has 1 aromatic heterocycles. The lowest BCUT2D eigenvalue weighted by Gasteiger charge is -2.30. The molecule has 2 atom stereocenters. The molecule has 0 saturated carbocycles. The van der Waals surface area contributed by atoms with Gasteiger partial charge in [-0.15, -0.1) is 0 Å². The topological polar surface area (TPSA) is 80.6 Å². The van der Waals surface area contributed by atoms with Crippen molar-refractivity contribution in [3.05, 3.63) is 93.2 Å². The SMILES string of the molecule is COC(=O)C[C@H](NC(=O)C(CC(C)C)n1cc(CCN2CCC2)ccc1=O)c1cccc(-c2c(C)cc(F)cc2C)c1. The molecule has 0 spiro atoms. The number of hydrogen-bond donors (Lipinski definition) is 1. The van der Waals surface area contributed by atoms with Crippen molar-refractivity contribution in [2.24, 2.45) is 5.92 Å². The number of hydrogen-bond acceptors (Lipinski definition) is 5. The Morgan fingerprint density at radius 1 is 1.05 bits per heavy atom. The lowest BCUT2D eigenvalue weighted by molar-refractivity contribution is -0.141. The van der Waals surface area contributed by atoms with Gasteiger partial charge in [-0.3, -0.25) is 14.4 Å². The molecule has 0 radical (unpaired) electrons. The molecule has 1 fully saturated rings. The molecule has 1 amide bonds. The zero-order valence-electron chi connectivity index (χ0n) is 25.3. The van der Waals surface area contributed by atoms with Gasteiger partial charge in [0.1, 0.15) is 11.9 Å².